The second kappa shape index (κ2) is 5.48. The maximum atomic E-state index is 9.69. The van der Waals surface area contributed by atoms with Crippen molar-refractivity contribution in [2.75, 3.05) is 13.1 Å². The summed E-state index contributed by atoms with van der Waals surface area (Å²) in [5, 5.41) is 16.9. The lowest BCUT2D eigenvalue weighted by Gasteiger charge is -2.09. The average Bonchev–Trinajstić information content (AvgIpc) is 2.96. The molecule has 5 nitrogen and oxygen atoms in total. The fourth-order valence-electron chi connectivity index (χ4n) is 1.45. The van der Waals surface area contributed by atoms with E-state index in [0.717, 1.165) is 13.1 Å². The van der Waals surface area contributed by atoms with E-state index in [4.69, 9.17) is 4.42 Å². The van der Waals surface area contributed by atoms with Gasteiger partial charge >= 0.3 is 0 Å². The van der Waals surface area contributed by atoms with Crippen LogP contribution in [0.2, 0.25) is 0 Å². The van der Waals surface area contributed by atoms with Crippen LogP contribution in [0.1, 0.15) is 11.9 Å². The first-order chi connectivity index (χ1) is 7.86. The Labute approximate surface area is 93.7 Å². The van der Waals surface area contributed by atoms with Crippen LogP contribution in [-0.4, -0.2) is 28.0 Å². The topological polar surface area (TPSA) is 63.2 Å². The molecule has 0 bridgehead atoms. The van der Waals surface area contributed by atoms with Crippen molar-refractivity contribution in [2.45, 2.75) is 12.6 Å². The van der Waals surface area contributed by atoms with Crippen LogP contribution in [0, 0.1) is 0 Å². The first-order valence-electron chi connectivity index (χ1n) is 5.26. The quantitative estimate of drug-likeness (QED) is 0.708. The molecular weight excluding hydrogens is 206 g/mol. The fraction of sp³-hybridized carbons (Fsp3) is 0.364. The smallest absolute Gasteiger partial charge is 0.133 e. The molecule has 2 rings (SSSR count). The van der Waals surface area contributed by atoms with Gasteiger partial charge in [-0.15, -0.1) is 0 Å². The number of furan rings is 1. The maximum absolute atomic E-state index is 9.69. The zero-order chi connectivity index (χ0) is 11.2. The lowest BCUT2D eigenvalue weighted by atomic mass is 10.3. The zero-order valence-corrected chi connectivity index (χ0v) is 8.91. The van der Waals surface area contributed by atoms with Crippen LogP contribution in [0.3, 0.4) is 0 Å². The molecule has 0 fully saturated rings. The minimum absolute atomic E-state index is 0.481. The first-order valence-corrected chi connectivity index (χ1v) is 5.26. The predicted molar refractivity (Wildman–Crippen MR) is 58.8 cm³/mol. The molecule has 2 heterocycles. The number of nitrogens with zero attached hydrogens (tertiary/aromatic N) is 2. The summed E-state index contributed by atoms with van der Waals surface area (Å²) in [5.74, 6) is 0.589. The molecule has 2 aromatic heterocycles. The van der Waals surface area contributed by atoms with E-state index in [1.54, 1.807) is 24.6 Å². The van der Waals surface area contributed by atoms with Gasteiger partial charge in [0.05, 0.1) is 12.8 Å². The summed E-state index contributed by atoms with van der Waals surface area (Å²) in [6.45, 7) is 2.03. The van der Waals surface area contributed by atoms with E-state index in [1.807, 2.05) is 16.9 Å². The van der Waals surface area contributed by atoms with Gasteiger partial charge in [0.15, 0.2) is 0 Å². The van der Waals surface area contributed by atoms with Gasteiger partial charge < -0.3 is 14.8 Å². The zero-order valence-electron chi connectivity index (χ0n) is 8.91. The van der Waals surface area contributed by atoms with Crippen LogP contribution in [0.25, 0.3) is 0 Å². The molecule has 0 aliphatic heterocycles. The van der Waals surface area contributed by atoms with Crippen molar-refractivity contribution >= 4 is 0 Å². The van der Waals surface area contributed by atoms with Crippen LogP contribution < -0.4 is 5.32 Å². The van der Waals surface area contributed by atoms with Crippen LogP contribution in [0.4, 0.5) is 0 Å². The Morgan fingerprint density at radius 2 is 2.44 bits per heavy atom. The maximum Gasteiger partial charge on any atom is 0.133 e. The van der Waals surface area contributed by atoms with Crippen LogP contribution in [0.15, 0.2) is 41.3 Å². The highest BCUT2D eigenvalue weighted by Gasteiger charge is 2.08. The largest absolute Gasteiger partial charge is 0.467 e. The minimum Gasteiger partial charge on any atom is -0.467 e. The molecular formula is C11H15N3O2. The number of aliphatic hydroxyl groups is 1. The Bertz CT molecular complexity index is 383. The molecule has 0 aliphatic carbocycles. The molecule has 2 N–H and O–H groups in total. The van der Waals surface area contributed by atoms with E-state index in [9.17, 15) is 5.11 Å². The SMILES string of the molecule is OC(CNCCn1cccn1)c1ccco1. The molecule has 0 spiro atoms. The highest BCUT2D eigenvalue weighted by Crippen LogP contribution is 2.11. The third-order valence-corrected chi connectivity index (χ3v) is 2.29. The third-order valence-electron chi connectivity index (χ3n) is 2.29. The highest BCUT2D eigenvalue weighted by atomic mass is 16.4. The summed E-state index contributed by atoms with van der Waals surface area (Å²) in [4.78, 5) is 0. The summed E-state index contributed by atoms with van der Waals surface area (Å²) in [6, 6.07) is 5.42. The monoisotopic (exact) mass is 221 g/mol. The predicted octanol–water partition coefficient (Wildman–Crippen LogP) is 0.799. The fourth-order valence-corrected chi connectivity index (χ4v) is 1.45. The van der Waals surface area contributed by atoms with Gasteiger partial charge in [0.25, 0.3) is 0 Å². The van der Waals surface area contributed by atoms with Crippen LogP contribution in [-0.2, 0) is 6.54 Å². The highest BCUT2D eigenvalue weighted by molar-refractivity contribution is 5.02. The molecule has 0 amide bonds. The lowest BCUT2D eigenvalue weighted by molar-refractivity contribution is 0.147. The van der Waals surface area contributed by atoms with E-state index in [0.29, 0.717) is 12.3 Å². The molecule has 0 aromatic carbocycles. The molecule has 0 saturated carbocycles. The number of rotatable bonds is 6. The Hall–Kier alpha value is -1.59. The Morgan fingerprint density at radius 3 is 3.12 bits per heavy atom. The van der Waals surface area contributed by atoms with E-state index >= 15 is 0 Å². The van der Waals surface area contributed by atoms with Crippen molar-refractivity contribution in [1.29, 1.82) is 0 Å². The normalized spacial score (nSPS) is 12.8. The standard InChI is InChI=1S/C11H15N3O2/c15-10(11-3-1-8-16-11)9-12-5-7-14-6-2-4-13-14/h1-4,6,8,10,12,15H,5,7,9H2. The average molecular weight is 221 g/mol. The Balaban J connectivity index is 1.65. The molecule has 16 heavy (non-hydrogen) atoms. The van der Waals surface area contributed by atoms with Gasteiger partial charge in [0, 0.05) is 25.5 Å². The van der Waals surface area contributed by atoms with E-state index in [2.05, 4.69) is 10.4 Å². The molecule has 1 atom stereocenters. The number of hydrogen-bond acceptors (Lipinski definition) is 4. The van der Waals surface area contributed by atoms with Gasteiger partial charge in [-0.05, 0) is 18.2 Å². The van der Waals surface area contributed by atoms with Crippen LogP contribution >= 0.6 is 0 Å². The van der Waals surface area contributed by atoms with Gasteiger partial charge in [-0.25, -0.2) is 0 Å². The van der Waals surface area contributed by atoms with Crippen molar-refractivity contribution in [1.82, 2.24) is 15.1 Å². The molecule has 0 radical (unpaired) electrons. The molecule has 1 unspecified atom stereocenters. The molecule has 2 aromatic rings. The van der Waals surface area contributed by atoms with E-state index in [-0.39, 0.29) is 0 Å². The summed E-state index contributed by atoms with van der Waals surface area (Å²) < 4.78 is 6.93. The number of nitrogens with one attached hydrogen (secondary N) is 1. The van der Waals surface area contributed by atoms with Gasteiger partial charge in [0.2, 0.25) is 0 Å². The van der Waals surface area contributed by atoms with Crippen molar-refractivity contribution < 1.29 is 9.52 Å². The lowest BCUT2D eigenvalue weighted by Crippen LogP contribution is -2.25. The third kappa shape index (κ3) is 2.95. The Morgan fingerprint density at radius 1 is 1.50 bits per heavy atom. The molecule has 86 valence electrons. The van der Waals surface area contributed by atoms with Crippen molar-refractivity contribution in [2.24, 2.45) is 0 Å². The van der Waals surface area contributed by atoms with Gasteiger partial charge in [-0.3, -0.25) is 4.68 Å². The van der Waals surface area contributed by atoms with E-state index in [1.165, 1.54) is 0 Å². The summed E-state index contributed by atoms with van der Waals surface area (Å²) in [6.07, 6.45) is 4.62. The summed E-state index contributed by atoms with van der Waals surface area (Å²) in [5.41, 5.74) is 0. The molecule has 0 aliphatic rings. The second-order valence-corrected chi connectivity index (χ2v) is 3.50. The second-order valence-electron chi connectivity index (χ2n) is 3.50. The summed E-state index contributed by atoms with van der Waals surface area (Å²) in [7, 11) is 0. The van der Waals surface area contributed by atoms with Crippen LogP contribution in [0.5, 0.6) is 0 Å². The van der Waals surface area contributed by atoms with Gasteiger partial charge in [-0.2, -0.15) is 5.10 Å². The van der Waals surface area contributed by atoms with Gasteiger partial charge in [-0.1, -0.05) is 0 Å². The van der Waals surface area contributed by atoms with E-state index < -0.39 is 6.10 Å². The summed E-state index contributed by atoms with van der Waals surface area (Å²) >= 11 is 0. The van der Waals surface area contributed by atoms with Gasteiger partial charge in [0.1, 0.15) is 11.9 Å². The molecule has 5 heteroatoms. The molecule has 0 saturated heterocycles. The van der Waals surface area contributed by atoms with Crippen molar-refractivity contribution in [3.63, 3.8) is 0 Å². The Kier molecular flexibility index (Phi) is 3.74. The number of aliphatic hydroxyl groups excluding tert-OH is 1. The van der Waals surface area contributed by atoms with Crippen molar-refractivity contribution in [3.05, 3.63) is 42.6 Å². The van der Waals surface area contributed by atoms with Crippen molar-refractivity contribution in [3.8, 4) is 0 Å². The first kappa shape index (κ1) is 10.9. The minimum atomic E-state index is -0.590. The number of aromatic nitrogens is 2. The number of hydrogen-bond donors (Lipinski definition) is 2.